The first-order valence-electron chi connectivity index (χ1n) is 6.79. The van der Waals surface area contributed by atoms with Crippen LogP contribution in [0.15, 0.2) is 36.7 Å². The third kappa shape index (κ3) is 2.96. The summed E-state index contributed by atoms with van der Waals surface area (Å²) in [4.78, 5) is 24.3. The van der Waals surface area contributed by atoms with Crippen LogP contribution in [0.1, 0.15) is 12.8 Å². The summed E-state index contributed by atoms with van der Waals surface area (Å²) in [6, 6.07) is 6.98. The molecule has 22 heavy (non-hydrogen) atoms. The van der Waals surface area contributed by atoms with E-state index in [0.29, 0.717) is 18.5 Å². The number of nitrogens with zero attached hydrogens (tertiary/aromatic N) is 3. The molecule has 0 unspecified atom stereocenters. The van der Waals surface area contributed by atoms with Gasteiger partial charge in [0.1, 0.15) is 6.10 Å². The third-order valence-electron chi connectivity index (χ3n) is 3.37. The lowest BCUT2D eigenvalue weighted by molar-refractivity contribution is -0.150. The number of rotatable bonds is 4. The predicted molar refractivity (Wildman–Crippen MR) is 75.5 cm³/mol. The van der Waals surface area contributed by atoms with Crippen LogP contribution in [0.2, 0.25) is 0 Å². The SMILES string of the molecule is O=C(Nc1ccc(-n2nccn2)cc1)[C@@H]1CC[C@H](C(=O)O)O1. The minimum absolute atomic E-state index is 0.339. The second-order valence-corrected chi connectivity index (χ2v) is 4.88. The molecule has 1 aromatic carbocycles. The van der Waals surface area contributed by atoms with Crippen molar-refractivity contribution in [3.05, 3.63) is 36.7 Å². The number of carboxylic acid groups (broad SMARTS) is 1. The molecule has 0 radical (unpaired) electrons. The highest BCUT2D eigenvalue weighted by Gasteiger charge is 2.34. The Hall–Kier alpha value is -2.74. The van der Waals surface area contributed by atoms with Crippen LogP contribution in [0, 0.1) is 0 Å². The smallest absolute Gasteiger partial charge is 0.332 e. The Labute approximate surface area is 125 Å². The number of carboxylic acids is 1. The lowest BCUT2D eigenvalue weighted by atomic mass is 10.2. The minimum Gasteiger partial charge on any atom is -0.479 e. The largest absolute Gasteiger partial charge is 0.479 e. The number of carbonyl (C=O) groups excluding carboxylic acids is 1. The summed E-state index contributed by atoms with van der Waals surface area (Å²) in [6.45, 7) is 0. The van der Waals surface area contributed by atoms with E-state index in [-0.39, 0.29) is 5.91 Å². The number of carbonyl (C=O) groups is 2. The summed E-state index contributed by atoms with van der Waals surface area (Å²) in [5.74, 6) is -1.37. The van der Waals surface area contributed by atoms with Crippen LogP contribution < -0.4 is 5.32 Å². The van der Waals surface area contributed by atoms with Gasteiger partial charge in [-0.05, 0) is 37.1 Å². The van der Waals surface area contributed by atoms with E-state index in [4.69, 9.17) is 9.84 Å². The Kier molecular flexibility index (Phi) is 3.84. The van der Waals surface area contributed by atoms with Crippen molar-refractivity contribution < 1.29 is 19.4 Å². The van der Waals surface area contributed by atoms with Crippen molar-refractivity contribution in [1.82, 2.24) is 15.0 Å². The summed E-state index contributed by atoms with van der Waals surface area (Å²) in [5.41, 5.74) is 1.37. The monoisotopic (exact) mass is 302 g/mol. The van der Waals surface area contributed by atoms with Crippen molar-refractivity contribution in [2.24, 2.45) is 0 Å². The predicted octanol–water partition coefficient (Wildman–Crippen LogP) is 0.838. The molecule has 1 aliphatic rings. The van der Waals surface area contributed by atoms with Crippen molar-refractivity contribution in [2.45, 2.75) is 25.0 Å². The Morgan fingerprint density at radius 1 is 1.14 bits per heavy atom. The fourth-order valence-electron chi connectivity index (χ4n) is 2.26. The van der Waals surface area contributed by atoms with Crippen molar-refractivity contribution in [3.63, 3.8) is 0 Å². The van der Waals surface area contributed by atoms with E-state index in [9.17, 15) is 9.59 Å². The summed E-state index contributed by atoms with van der Waals surface area (Å²) in [6.07, 6.45) is 2.27. The zero-order chi connectivity index (χ0) is 15.5. The normalized spacial score (nSPS) is 20.7. The van der Waals surface area contributed by atoms with E-state index in [0.717, 1.165) is 5.69 Å². The first kappa shape index (κ1) is 14.2. The van der Waals surface area contributed by atoms with Gasteiger partial charge in [0, 0.05) is 5.69 Å². The Bertz CT molecular complexity index is 669. The van der Waals surface area contributed by atoms with Gasteiger partial charge >= 0.3 is 5.97 Å². The van der Waals surface area contributed by atoms with E-state index in [2.05, 4.69) is 15.5 Å². The molecule has 3 rings (SSSR count). The van der Waals surface area contributed by atoms with Crippen LogP contribution in [-0.4, -0.2) is 44.2 Å². The summed E-state index contributed by atoms with van der Waals surface area (Å²) < 4.78 is 5.20. The van der Waals surface area contributed by atoms with E-state index in [1.807, 2.05) is 0 Å². The van der Waals surface area contributed by atoms with E-state index >= 15 is 0 Å². The molecule has 1 aromatic heterocycles. The summed E-state index contributed by atoms with van der Waals surface area (Å²) in [7, 11) is 0. The highest BCUT2D eigenvalue weighted by atomic mass is 16.5. The van der Waals surface area contributed by atoms with Gasteiger partial charge < -0.3 is 15.2 Å². The van der Waals surface area contributed by atoms with Crippen molar-refractivity contribution in [3.8, 4) is 5.69 Å². The minimum atomic E-state index is -1.04. The molecule has 1 amide bonds. The molecular formula is C14H14N4O4. The van der Waals surface area contributed by atoms with Gasteiger partial charge in [0.2, 0.25) is 0 Å². The van der Waals surface area contributed by atoms with Gasteiger partial charge in [0.25, 0.3) is 5.91 Å². The fourth-order valence-corrected chi connectivity index (χ4v) is 2.26. The summed E-state index contributed by atoms with van der Waals surface area (Å²) in [5, 5.41) is 19.6. The van der Waals surface area contributed by atoms with Gasteiger partial charge in [-0.25, -0.2) is 4.79 Å². The first-order valence-corrected chi connectivity index (χ1v) is 6.79. The molecule has 1 saturated heterocycles. The van der Waals surface area contributed by atoms with Crippen LogP contribution >= 0.6 is 0 Å². The number of ether oxygens (including phenoxy) is 1. The van der Waals surface area contributed by atoms with E-state index in [1.165, 1.54) is 4.80 Å². The lowest BCUT2D eigenvalue weighted by Crippen LogP contribution is -2.29. The number of aromatic nitrogens is 3. The average molecular weight is 302 g/mol. The first-order chi connectivity index (χ1) is 10.6. The number of aliphatic carboxylic acids is 1. The second-order valence-electron chi connectivity index (χ2n) is 4.88. The number of hydrogen-bond acceptors (Lipinski definition) is 5. The highest BCUT2D eigenvalue weighted by Crippen LogP contribution is 2.21. The molecular weight excluding hydrogens is 288 g/mol. The standard InChI is InChI=1S/C14H14N4O4/c19-13(11-5-6-12(22-11)14(20)21)17-9-1-3-10(4-2-9)18-15-7-8-16-18/h1-4,7-8,11-12H,5-6H2,(H,17,19)(H,20,21)/t11-,12+/m0/s1. The zero-order valence-electron chi connectivity index (χ0n) is 11.5. The molecule has 8 heteroatoms. The molecule has 114 valence electrons. The van der Waals surface area contributed by atoms with Crippen LogP contribution in [-0.2, 0) is 14.3 Å². The Morgan fingerprint density at radius 3 is 2.36 bits per heavy atom. The van der Waals surface area contributed by atoms with Crippen molar-refractivity contribution >= 4 is 17.6 Å². The molecule has 2 aromatic rings. The number of benzene rings is 1. The van der Waals surface area contributed by atoms with Crippen molar-refractivity contribution in [2.75, 3.05) is 5.32 Å². The third-order valence-corrected chi connectivity index (χ3v) is 3.37. The quantitative estimate of drug-likeness (QED) is 0.866. The molecule has 1 aliphatic heterocycles. The molecule has 0 spiro atoms. The Morgan fingerprint density at radius 2 is 1.77 bits per heavy atom. The maximum atomic E-state index is 12.0. The average Bonchev–Trinajstić information content (AvgIpc) is 3.20. The van der Waals surface area contributed by atoms with Gasteiger partial charge in [0.05, 0.1) is 18.1 Å². The molecule has 2 heterocycles. The molecule has 0 saturated carbocycles. The summed E-state index contributed by atoms with van der Waals surface area (Å²) >= 11 is 0. The molecule has 0 bridgehead atoms. The molecule has 2 atom stereocenters. The highest BCUT2D eigenvalue weighted by molar-refractivity contribution is 5.94. The van der Waals surface area contributed by atoms with Gasteiger partial charge in [-0.3, -0.25) is 4.79 Å². The molecule has 2 N–H and O–H groups in total. The second kappa shape index (κ2) is 5.94. The molecule has 8 nitrogen and oxygen atoms in total. The maximum absolute atomic E-state index is 12.0. The number of nitrogens with one attached hydrogen (secondary N) is 1. The van der Waals surface area contributed by atoms with E-state index in [1.54, 1.807) is 36.7 Å². The van der Waals surface area contributed by atoms with Gasteiger partial charge in [-0.2, -0.15) is 15.0 Å². The van der Waals surface area contributed by atoms with Crippen molar-refractivity contribution in [1.29, 1.82) is 0 Å². The number of hydrogen-bond donors (Lipinski definition) is 2. The van der Waals surface area contributed by atoms with Crippen LogP contribution in [0.5, 0.6) is 0 Å². The number of amides is 1. The molecule has 1 fully saturated rings. The maximum Gasteiger partial charge on any atom is 0.332 e. The van der Waals surface area contributed by atoms with Gasteiger partial charge in [0.15, 0.2) is 6.10 Å². The van der Waals surface area contributed by atoms with E-state index < -0.39 is 18.2 Å². The zero-order valence-corrected chi connectivity index (χ0v) is 11.5. The molecule has 0 aliphatic carbocycles. The lowest BCUT2D eigenvalue weighted by Gasteiger charge is -2.12. The topological polar surface area (TPSA) is 106 Å². The van der Waals surface area contributed by atoms with Gasteiger partial charge in [-0.15, -0.1) is 0 Å². The fraction of sp³-hybridized carbons (Fsp3) is 0.286. The Balaban J connectivity index is 1.61. The van der Waals surface area contributed by atoms with Crippen LogP contribution in [0.4, 0.5) is 5.69 Å². The van der Waals surface area contributed by atoms with Crippen LogP contribution in [0.3, 0.4) is 0 Å². The van der Waals surface area contributed by atoms with Crippen LogP contribution in [0.25, 0.3) is 5.69 Å². The number of anilines is 1. The van der Waals surface area contributed by atoms with Gasteiger partial charge in [-0.1, -0.05) is 0 Å².